The van der Waals surface area contributed by atoms with Crippen LogP contribution in [0.1, 0.15) is 36.8 Å². The summed E-state index contributed by atoms with van der Waals surface area (Å²) in [5.74, 6) is 1.08. The summed E-state index contributed by atoms with van der Waals surface area (Å²) in [4.78, 5) is 15.5. The fraction of sp³-hybridized carbons (Fsp3) is 0.381. The zero-order chi connectivity index (χ0) is 19.0. The summed E-state index contributed by atoms with van der Waals surface area (Å²) >= 11 is 0. The van der Waals surface area contributed by atoms with Crippen LogP contribution in [-0.4, -0.2) is 43.3 Å². The Hall–Kier alpha value is -2.34. The molecule has 2 aromatic rings. The Labute approximate surface area is 159 Å². The lowest BCUT2D eigenvalue weighted by Crippen LogP contribution is -2.44. The van der Waals surface area contributed by atoms with E-state index in [1.807, 2.05) is 55.5 Å². The second-order valence-corrected chi connectivity index (χ2v) is 9.43. The van der Waals surface area contributed by atoms with Crippen LogP contribution in [0.25, 0.3) is 0 Å². The van der Waals surface area contributed by atoms with Crippen molar-refractivity contribution in [2.45, 2.75) is 31.7 Å². The molecule has 0 radical (unpaired) electrons. The maximum Gasteiger partial charge on any atom is 0.235 e. The lowest BCUT2D eigenvalue weighted by Gasteiger charge is -2.34. The fourth-order valence-corrected chi connectivity index (χ4v) is 5.81. The Morgan fingerprint density at radius 3 is 2.19 bits per heavy atom. The molecule has 1 saturated heterocycles. The van der Waals surface area contributed by atoms with Crippen LogP contribution < -0.4 is 4.74 Å². The molecule has 2 aliphatic rings. The van der Waals surface area contributed by atoms with E-state index in [0.29, 0.717) is 24.5 Å². The summed E-state index contributed by atoms with van der Waals surface area (Å²) in [5.41, 5.74) is 1.67. The first kappa shape index (κ1) is 18.0. The smallest absolute Gasteiger partial charge is 0.235 e. The molecular formula is C21H23NO4S. The number of amides is 1. The molecule has 27 heavy (non-hydrogen) atoms. The summed E-state index contributed by atoms with van der Waals surface area (Å²) in [6.45, 7) is 2.57. The standard InChI is InChI=1S/C21H23NO4S/c1-2-12-22(15-11-13-27(24,25)14-15)21(23)20-16-7-3-5-9-18(16)26-19-10-6-4-8-17(19)20/h3-10,15,20H,2,11-14H2,1H3/t15-/m0/s1. The Morgan fingerprint density at radius 1 is 1.07 bits per heavy atom. The van der Waals surface area contributed by atoms with E-state index in [1.54, 1.807) is 4.90 Å². The number of fused-ring (bicyclic) bond motifs is 2. The Morgan fingerprint density at radius 2 is 1.67 bits per heavy atom. The van der Waals surface area contributed by atoms with Gasteiger partial charge in [0.2, 0.25) is 5.91 Å². The molecule has 2 aromatic carbocycles. The van der Waals surface area contributed by atoms with Crippen LogP contribution in [0, 0.1) is 0 Å². The minimum absolute atomic E-state index is 0.0397. The average molecular weight is 385 g/mol. The van der Waals surface area contributed by atoms with Crippen LogP contribution in [0.3, 0.4) is 0 Å². The molecule has 1 atom stereocenters. The van der Waals surface area contributed by atoms with Gasteiger partial charge in [0.1, 0.15) is 11.5 Å². The molecule has 2 heterocycles. The number of para-hydroxylation sites is 2. The monoisotopic (exact) mass is 385 g/mol. The molecule has 4 rings (SSSR count). The molecule has 0 N–H and O–H groups in total. The Kier molecular flexibility index (Phi) is 4.68. The Bertz CT molecular complexity index is 924. The van der Waals surface area contributed by atoms with Crippen molar-refractivity contribution in [1.82, 2.24) is 4.90 Å². The SMILES string of the molecule is CCCN(C(=O)C1c2ccccc2Oc2ccccc21)[C@H]1CCS(=O)(=O)C1. The second kappa shape index (κ2) is 7.00. The van der Waals surface area contributed by atoms with Crippen molar-refractivity contribution < 1.29 is 17.9 Å². The van der Waals surface area contributed by atoms with Crippen LogP contribution in [0.5, 0.6) is 11.5 Å². The molecule has 0 aromatic heterocycles. The predicted molar refractivity (Wildman–Crippen MR) is 104 cm³/mol. The van der Waals surface area contributed by atoms with E-state index < -0.39 is 15.8 Å². The van der Waals surface area contributed by atoms with Crippen molar-refractivity contribution in [3.05, 3.63) is 59.7 Å². The minimum Gasteiger partial charge on any atom is -0.457 e. The van der Waals surface area contributed by atoms with Gasteiger partial charge in [-0.05, 0) is 25.0 Å². The minimum atomic E-state index is -3.06. The molecule has 0 unspecified atom stereocenters. The molecule has 0 spiro atoms. The van der Waals surface area contributed by atoms with Gasteiger partial charge < -0.3 is 9.64 Å². The fourth-order valence-electron chi connectivity index (χ4n) is 4.08. The van der Waals surface area contributed by atoms with Gasteiger partial charge in [-0.1, -0.05) is 43.3 Å². The van der Waals surface area contributed by atoms with Crippen molar-refractivity contribution in [3.63, 3.8) is 0 Å². The van der Waals surface area contributed by atoms with E-state index in [2.05, 4.69) is 0 Å². The first-order chi connectivity index (χ1) is 13.0. The molecule has 0 saturated carbocycles. The van der Waals surface area contributed by atoms with Gasteiger partial charge in [0, 0.05) is 23.7 Å². The predicted octanol–water partition coefficient (Wildman–Crippen LogP) is 3.35. The molecular weight excluding hydrogens is 362 g/mol. The van der Waals surface area contributed by atoms with E-state index in [-0.39, 0.29) is 23.5 Å². The van der Waals surface area contributed by atoms with Crippen molar-refractivity contribution >= 4 is 15.7 Å². The lowest BCUT2D eigenvalue weighted by molar-refractivity contribution is -0.134. The third-order valence-electron chi connectivity index (χ3n) is 5.32. The first-order valence-electron chi connectivity index (χ1n) is 9.37. The van der Waals surface area contributed by atoms with Gasteiger partial charge in [-0.25, -0.2) is 8.42 Å². The number of sulfone groups is 1. The number of benzene rings is 2. The van der Waals surface area contributed by atoms with Gasteiger partial charge in [0.05, 0.1) is 17.4 Å². The maximum atomic E-state index is 13.7. The summed E-state index contributed by atoms with van der Waals surface area (Å²) in [6.07, 6.45) is 1.30. The zero-order valence-electron chi connectivity index (χ0n) is 15.3. The highest BCUT2D eigenvalue weighted by Crippen LogP contribution is 2.45. The maximum absolute atomic E-state index is 13.7. The van der Waals surface area contributed by atoms with E-state index in [9.17, 15) is 13.2 Å². The number of nitrogens with zero attached hydrogens (tertiary/aromatic N) is 1. The molecule has 1 fully saturated rings. The molecule has 6 heteroatoms. The second-order valence-electron chi connectivity index (χ2n) is 7.20. The summed E-state index contributed by atoms with van der Waals surface area (Å²) in [7, 11) is -3.06. The van der Waals surface area contributed by atoms with Crippen LogP contribution in [0.4, 0.5) is 0 Å². The van der Waals surface area contributed by atoms with Crippen molar-refractivity contribution in [2.75, 3.05) is 18.1 Å². The molecule has 5 nitrogen and oxygen atoms in total. The van der Waals surface area contributed by atoms with E-state index in [4.69, 9.17) is 4.74 Å². The molecule has 0 aliphatic carbocycles. The van der Waals surface area contributed by atoms with E-state index in [1.165, 1.54) is 0 Å². The quantitative estimate of drug-likeness (QED) is 0.810. The number of hydrogen-bond donors (Lipinski definition) is 0. The Balaban J connectivity index is 1.76. The number of carbonyl (C=O) groups excluding carboxylic acids is 1. The van der Waals surface area contributed by atoms with Gasteiger partial charge in [0.15, 0.2) is 9.84 Å². The number of ether oxygens (including phenoxy) is 1. The zero-order valence-corrected chi connectivity index (χ0v) is 16.1. The van der Waals surface area contributed by atoms with Gasteiger partial charge >= 0.3 is 0 Å². The average Bonchev–Trinajstić information content (AvgIpc) is 3.03. The molecule has 142 valence electrons. The van der Waals surface area contributed by atoms with Crippen LogP contribution in [0.2, 0.25) is 0 Å². The van der Waals surface area contributed by atoms with E-state index in [0.717, 1.165) is 17.5 Å². The highest BCUT2D eigenvalue weighted by molar-refractivity contribution is 7.91. The van der Waals surface area contributed by atoms with Crippen LogP contribution >= 0.6 is 0 Å². The van der Waals surface area contributed by atoms with E-state index >= 15 is 0 Å². The molecule has 1 amide bonds. The van der Waals surface area contributed by atoms with Crippen molar-refractivity contribution in [3.8, 4) is 11.5 Å². The van der Waals surface area contributed by atoms with Gasteiger partial charge in [0.25, 0.3) is 0 Å². The molecule has 2 aliphatic heterocycles. The summed E-state index contributed by atoms with van der Waals surface area (Å²) < 4.78 is 30.0. The van der Waals surface area contributed by atoms with Crippen molar-refractivity contribution in [2.24, 2.45) is 0 Å². The highest BCUT2D eigenvalue weighted by atomic mass is 32.2. The highest BCUT2D eigenvalue weighted by Gasteiger charge is 2.40. The third kappa shape index (κ3) is 3.34. The van der Waals surface area contributed by atoms with Crippen molar-refractivity contribution in [1.29, 1.82) is 0 Å². The van der Waals surface area contributed by atoms with Crippen LogP contribution in [-0.2, 0) is 14.6 Å². The molecule has 0 bridgehead atoms. The van der Waals surface area contributed by atoms with Gasteiger partial charge in [-0.15, -0.1) is 0 Å². The van der Waals surface area contributed by atoms with Crippen LogP contribution in [0.15, 0.2) is 48.5 Å². The first-order valence-corrected chi connectivity index (χ1v) is 11.2. The number of rotatable bonds is 4. The number of hydrogen-bond acceptors (Lipinski definition) is 4. The van der Waals surface area contributed by atoms with Gasteiger partial charge in [-0.3, -0.25) is 4.79 Å². The normalized spacial score (nSPS) is 20.4. The topological polar surface area (TPSA) is 63.7 Å². The summed E-state index contributed by atoms with van der Waals surface area (Å²) in [5, 5.41) is 0. The van der Waals surface area contributed by atoms with Gasteiger partial charge in [-0.2, -0.15) is 0 Å². The largest absolute Gasteiger partial charge is 0.457 e. The third-order valence-corrected chi connectivity index (χ3v) is 7.07. The lowest BCUT2D eigenvalue weighted by atomic mass is 9.86. The summed E-state index contributed by atoms with van der Waals surface area (Å²) in [6, 6.07) is 14.9. The number of carbonyl (C=O) groups is 1.